The number of hydrogen-bond donors (Lipinski definition) is 0. The predicted octanol–water partition coefficient (Wildman–Crippen LogP) is 21.5. The molecule has 0 aromatic rings. The van der Waals surface area contributed by atoms with Crippen molar-refractivity contribution in [3.05, 3.63) is 146 Å². The molecule has 434 valence electrons. The van der Waals surface area contributed by atoms with E-state index in [0.717, 1.165) is 122 Å². The van der Waals surface area contributed by atoms with Crippen LogP contribution in [0.15, 0.2) is 146 Å². The van der Waals surface area contributed by atoms with Gasteiger partial charge in [-0.05, 0) is 122 Å². The van der Waals surface area contributed by atoms with Crippen molar-refractivity contribution in [2.45, 2.75) is 271 Å². The van der Waals surface area contributed by atoms with Gasteiger partial charge >= 0.3 is 17.9 Å². The quantitative estimate of drug-likeness (QED) is 0.0261. The maximum Gasteiger partial charge on any atom is 0.310 e. The first-order valence-corrected chi connectivity index (χ1v) is 31.3. The average Bonchev–Trinajstić information content (AvgIpc) is 3.43. The average molecular weight is 1060 g/mol. The highest BCUT2D eigenvalue weighted by molar-refractivity contribution is 5.72. The minimum atomic E-state index is -0.844. The molecule has 0 amide bonds. The summed E-state index contributed by atoms with van der Waals surface area (Å²) < 4.78 is 16.8. The fourth-order valence-corrected chi connectivity index (χ4v) is 8.22. The lowest BCUT2D eigenvalue weighted by Gasteiger charge is -2.18. The Morgan fingerprint density at radius 1 is 0.286 bits per heavy atom. The number of unbranched alkanes of at least 4 members (excludes halogenated alkanes) is 21. The van der Waals surface area contributed by atoms with E-state index < -0.39 is 12.1 Å². The maximum absolute atomic E-state index is 12.8. The third-order valence-electron chi connectivity index (χ3n) is 12.8. The van der Waals surface area contributed by atoms with Crippen LogP contribution < -0.4 is 0 Å². The Morgan fingerprint density at radius 3 is 0.870 bits per heavy atom. The monoisotopic (exact) mass is 1060 g/mol. The third kappa shape index (κ3) is 62.0. The molecule has 0 aliphatic carbocycles. The van der Waals surface area contributed by atoms with Gasteiger partial charge < -0.3 is 14.2 Å². The van der Waals surface area contributed by atoms with Gasteiger partial charge in [0.1, 0.15) is 13.2 Å². The molecule has 0 aliphatic heterocycles. The zero-order chi connectivity index (χ0) is 55.7. The Hall–Kier alpha value is -4.71. The van der Waals surface area contributed by atoms with Gasteiger partial charge in [-0.2, -0.15) is 0 Å². The summed E-state index contributed by atoms with van der Waals surface area (Å²) in [6.45, 7) is 6.31. The number of ether oxygens (including phenoxy) is 3. The highest BCUT2D eigenvalue weighted by atomic mass is 16.6. The lowest BCUT2D eigenvalue weighted by Crippen LogP contribution is -2.30. The van der Waals surface area contributed by atoms with E-state index in [2.05, 4.69) is 154 Å². The van der Waals surface area contributed by atoms with Crippen LogP contribution in [-0.2, 0) is 28.6 Å². The topological polar surface area (TPSA) is 78.9 Å². The smallest absolute Gasteiger partial charge is 0.310 e. The number of rotatable bonds is 55. The van der Waals surface area contributed by atoms with E-state index in [0.29, 0.717) is 19.3 Å². The summed E-state index contributed by atoms with van der Waals surface area (Å²) in [5.41, 5.74) is 0. The molecule has 0 aliphatic rings. The van der Waals surface area contributed by atoms with E-state index in [-0.39, 0.29) is 31.6 Å². The molecule has 0 saturated carbocycles. The number of carbonyl (C=O) groups excluding carboxylic acids is 3. The van der Waals surface area contributed by atoms with E-state index in [4.69, 9.17) is 14.2 Å². The molecule has 0 radical (unpaired) electrons. The van der Waals surface area contributed by atoms with Gasteiger partial charge in [0.25, 0.3) is 0 Å². The second-order valence-corrected chi connectivity index (χ2v) is 20.2. The lowest BCUT2D eigenvalue weighted by molar-refractivity contribution is -0.166. The van der Waals surface area contributed by atoms with Crippen molar-refractivity contribution < 1.29 is 28.6 Å². The van der Waals surface area contributed by atoms with Crippen LogP contribution in [0.3, 0.4) is 0 Å². The van der Waals surface area contributed by atoms with Crippen LogP contribution in [0.25, 0.3) is 0 Å². The Kier molecular flexibility index (Phi) is 59.9. The Balaban J connectivity index is 4.39. The highest BCUT2D eigenvalue weighted by Crippen LogP contribution is 2.14. The molecule has 0 spiro atoms. The minimum absolute atomic E-state index is 0.0892. The van der Waals surface area contributed by atoms with Gasteiger partial charge in [0.05, 0.1) is 6.42 Å². The van der Waals surface area contributed by atoms with Crippen LogP contribution in [-0.4, -0.2) is 37.2 Å². The molecular weight excluding hydrogens is 949 g/mol. The fraction of sp³-hybridized carbons (Fsp3) is 0.620. The second-order valence-electron chi connectivity index (χ2n) is 20.2. The van der Waals surface area contributed by atoms with Crippen molar-refractivity contribution in [3.8, 4) is 0 Å². The van der Waals surface area contributed by atoms with E-state index in [1.165, 1.54) is 96.3 Å². The first kappa shape index (κ1) is 72.3. The molecule has 0 saturated heterocycles. The summed E-state index contributed by atoms with van der Waals surface area (Å²) >= 11 is 0. The van der Waals surface area contributed by atoms with Crippen molar-refractivity contribution in [2.24, 2.45) is 0 Å². The van der Waals surface area contributed by atoms with Crippen LogP contribution >= 0.6 is 0 Å². The molecule has 0 rings (SSSR count). The molecule has 0 heterocycles. The molecule has 0 bridgehead atoms. The van der Waals surface area contributed by atoms with E-state index in [1.807, 2.05) is 6.08 Å². The fourth-order valence-electron chi connectivity index (χ4n) is 8.22. The van der Waals surface area contributed by atoms with E-state index in [1.54, 1.807) is 6.08 Å². The van der Waals surface area contributed by atoms with Gasteiger partial charge in [-0.25, -0.2) is 0 Å². The number of carbonyl (C=O) groups is 3. The number of allylic oxidation sites excluding steroid dienone is 23. The van der Waals surface area contributed by atoms with E-state index >= 15 is 0 Å². The normalized spacial score (nSPS) is 13.1. The first-order chi connectivity index (χ1) is 38.0. The standard InChI is InChI=1S/C71H114O6/c1-4-7-10-13-16-19-22-25-28-29-30-31-32-33-34-35-36-37-38-39-40-41-44-46-49-52-55-58-61-64-70(73)76-67-68(77-71(74)65-62-59-56-53-50-47-43-27-24-21-18-15-12-9-6-3)66-75-69(72)63-60-57-54-51-48-45-42-26-23-20-17-14-11-8-5-2/h7,9-10,12,16,18-19,21,25-28,30-31,33-34,36-37,42-43,50,53,59,62,68H,4-6,8,11,13-15,17,20,22-24,29,32,35,38-41,44-49,51-52,54-58,60-61,63-67H2,1-3H3/b10-7-,12-9-,19-16-,21-18-,28-25-,31-30-,34-33-,37-36-,42-26-,43-27-,53-50-,62-59-. The van der Waals surface area contributed by atoms with Crippen molar-refractivity contribution in [2.75, 3.05) is 13.2 Å². The maximum atomic E-state index is 12.8. The van der Waals surface area contributed by atoms with Crippen LogP contribution in [0.1, 0.15) is 265 Å². The minimum Gasteiger partial charge on any atom is -0.462 e. The van der Waals surface area contributed by atoms with Gasteiger partial charge in [0.15, 0.2) is 6.10 Å². The van der Waals surface area contributed by atoms with Crippen LogP contribution in [0, 0.1) is 0 Å². The summed E-state index contributed by atoms with van der Waals surface area (Å²) in [5, 5.41) is 0. The van der Waals surface area contributed by atoms with Crippen LogP contribution in [0.4, 0.5) is 0 Å². The molecule has 0 N–H and O–H groups in total. The molecule has 1 unspecified atom stereocenters. The van der Waals surface area contributed by atoms with Crippen LogP contribution in [0.5, 0.6) is 0 Å². The third-order valence-corrected chi connectivity index (χ3v) is 12.8. The second kappa shape index (κ2) is 63.8. The van der Waals surface area contributed by atoms with Crippen molar-refractivity contribution >= 4 is 17.9 Å². The largest absolute Gasteiger partial charge is 0.462 e. The van der Waals surface area contributed by atoms with Gasteiger partial charge in [-0.3, -0.25) is 14.4 Å². The summed E-state index contributed by atoms with van der Waals surface area (Å²) in [5.74, 6) is -1.07. The zero-order valence-electron chi connectivity index (χ0n) is 49.7. The highest BCUT2D eigenvalue weighted by Gasteiger charge is 2.19. The SMILES string of the molecule is CC/C=C\C/C=C\C/C=C\C/C=C\C/C=C\C/C=C\CCCCCCCCCCCCC(=O)OCC(COC(=O)CCCCCCC/C=C\CCCCCCCC)OC(=O)C/C=C\C/C=C\C/C=C\C/C=C\C/C=C\CC. The first-order valence-electron chi connectivity index (χ1n) is 31.3. The Morgan fingerprint density at radius 2 is 0.545 bits per heavy atom. The summed E-state index contributed by atoms with van der Waals surface area (Å²) in [4.78, 5) is 38.2. The van der Waals surface area contributed by atoms with Gasteiger partial charge in [-0.15, -0.1) is 0 Å². The molecular formula is C71H114O6. The number of hydrogen-bond acceptors (Lipinski definition) is 6. The molecule has 6 heteroatoms. The van der Waals surface area contributed by atoms with Crippen LogP contribution in [0.2, 0.25) is 0 Å². The molecule has 6 nitrogen and oxygen atoms in total. The summed E-state index contributed by atoms with van der Waals surface area (Å²) in [6, 6.07) is 0. The van der Waals surface area contributed by atoms with Gasteiger partial charge in [-0.1, -0.05) is 269 Å². The molecule has 1 atom stereocenters. The number of esters is 3. The molecule has 0 aromatic carbocycles. The molecule has 77 heavy (non-hydrogen) atoms. The van der Waals surface area contributed by atoms with Gasteiger partial charge in [0, 0.05) is 12.8 Å². The zero-order valence-corrected chi connectivity index (χ0v) is 49.7. The molecule has 0 fully saturated rings. The van der Waals surface area contributed by atoms with Crippen molar-refractivity contribution in [3.63, 3.8) is 0 Å². The summed E-state index contributed by atoms with van der Waals surface area (Å²) in [6.07, 6.45) is 91.6. The Labute approximate surface area is 474 Å². The van der Waals surface area contributed by atoms with Gasteiger partial charge in [0.2, 0.25) is 0 Å². The van der Waals surface area contributed by atoms with E-state index in [9.17, 15) is 14.4 Å². The Bertz CT molecular complexity index is 1700. The lowest BCUT2D eigenvalue weighted by atomic mass is 10.1. The molecule has 0 aromatic heterocycles. The van der Waals surface area contributed by atoms with Crippen molar-refractivity contribution in [1.29, 1.82) is 0 Å². The predicted molar refractivity (Wildman–Crippen MR) is 334 cm³/mol. The van der Waals surface area contributed by atoms with Crippen molar-refractivity contribution in [1.82, 2.24) is 0 Å². The summed E-state index contributed by atoms with van der Waals surface area (Å²) in [7, 11) is 0.